The first-order chi connectivity index (χ1) is 7.77. The van der Waals surface area contributed by atoms with Gasteiger partial charge in [-0.15, -0.1) is 0 Å². The van der Waals surface area contributed by atoms with Crippen molar-refractivity contribution in [3.05, 3.63) is 17.0 Å². The number of carbonyl (C=O) groups is 1. The van der Waals surface area contributed by atoms with Crippen LogP contribution in [-0.2, 0) is 29.9 Å². The second-order valence-corrected chi connectivity index (χ2v) is 3.73. The molecule has 1 heterocycles. The number of aldehydes is 1. The third kappa shape index (κ3) is 1.81. The maximum atomic E-state index is 13.4. The first kappa shape index (κ1) is 12.0. The SMILES string of the molecule is O=CCn1nc(C(F)(F)F)c2c1C(F)(F)CC2. The molecule has 0 saturated heterocycles. The third-order valence-corrected chi connectivity index (χ3v) is 2.60. The molecule has 0 saturated carbocycles. The fourth-order valence-electron chi connectivity index (χ4n) is 1.98. The molecule has 8 heteroatoms. The molecule has 1 aromatic heterocycles. The number of fused-ring (bicyclic) bond motifs is 1. The highest BCUT2D eigenvalue weighted by molar-refractivity contribution is 5.50. The minimum absolute atomic E-state index is 0.238. The molecule has 3 nitrogen and oxygen atoms in total. The predicted octanol–water partition coefficient (Wildman–Crippen LogP) is 2.14. The summed E-state index contributed by atoms with van der Waals surface area (Å²) in [6, 6.07) is 0. The van der Waals surface area contributed by atoms with Gasteiger partial charge < -0.3 is 4.79 Å². The summed E-state index contributed by atoms with van der Waals surface area (Å²) in [5.41, 5.74) is -2.59. The van der Waals surface area contributed by atoms with Crippen LogP contribution in [0.25, 0.3) is 0 Å². The van der Waals surface area contributed by atoms with Gasteiger partial charge >= 0.3 is 6.18 Å². The highest BCUT2D eigenvalue weighted by atomic mass is 19.4. The molecule has 0 aromatic carbocycles. The van der Waals surface area contributed by atoms with E-state index in [4.69, 9.17) is 0 Å². The summed E-state index contributed by atoms with van der Waals surface area (Å²) in [6.45, 7) is -0.603. The van der Waals surface area contributed by atoms with E-state index in [0.717, 1.165) is 0 Å². The second-order valence-electron chi connectivity index (χ2n) is 3.73. The van der Waals surface area contributed by atoms with Gasteiger partial charge in [-0.2, -0.15) is 27.1 Å². The van der Waals surface area contributed by atoms with Crippen molar-refractivity contribution in [1.29, 1.82) is 0 Å². The lowest BCUT2D eigenvalue weighted by atomic mass is 10.2. The molecular weight excluding hydrogens is 247 g/mol. The van der Waals surface area contributed by atoms with Crippen LogP contribution in [0, 0.1) is 0 Å². The van der Waals surface area contributed by atoms with E-state index in [-0.39, 0.29) is 12.7 Å². The van der Waals surface area contributed by atoms with Gasteiger partial charge in [0.1, 0.15) is 12.0 Å². The Morgan fingerprint density at radius 1 is 1.41 bits per heavy atom. The number of halogens is 5. The van der Waals surface area contributed by atoms with Gasteiger partial charge in [-0.05, 0) is 6.42 Å². The third-order valence-electron chi connectivity index (χ3n) is 2.60. The first-order valence-electron chi connectivity index (χ1n) is 4.76. The van der Waals surface area contributed by atoms with Crippen molar-refractivity contribution in [2.75, 3.05) is 0 Å². The largest absolute Gasteiger partial charge is 0.435 e. The topological polar surface area (TPSA) is 34.9 Å². The summed E-state index contributed by atoms with van der Waals surface area (Å²) >= 11 is 0. The van der Waals surface area contributed by atoms with Gasteiger partial charge in [-0.3, -0.25) is 4.68 Å². The standard InChI is InChI=1S/C9H7F5N2O/c10-8(11)2-1-5-6(9(12,13)14)15-16(3-4-17)7(5)8/h4H,1-3H2. The molecule has 0 fully saturated rings. The van der Waals surface area contributed by atoms with Gasteiger partial charge in [0, 0.05) is 12.0 Å². The molecule has 0 bridgehead atoms. The molecule has 1 aliphatic rings. The van der Waals surface area contributed by atoms with E-state index in [9.17, 15) is 26.7 Å². The molecular formula is C9H7F5N2O. The van der Waals surface area contributed by atoms with Crippen molar-refractivity contribution < 1.29 is 26.7 Å². The van der Waals surface area contributed by atoms with E-state index in [1.54, 1.807) is 0 Å². The quantitative estimate of drug-likeness (QED) is 0.598. The number of carbonyl (C=O) groups excluding carboxylic acids is 1. The van der Waals surface area contributed by atoms with Crippen LogP contribution in [0.3, 0.4) is 0 Å². The van der Waals surface area contributed by atoms with Gasteiger partial charge in [0.2, 0.25) is 0 Å². The number of rotatable bonds is 2. The normalized spacial score (nSPS) is 18.2. The number of aromatic nitrogens is 2. The molecule has 0 aliphatic heterocycles. The molecule has 2 rings (SSSR count). The maximum absolute atomic E-state index is 13.4. The number of alkyl halides is 5. The molecule has 1 aromatic rings. The van der Waals surface area contributed by atoms with Crippen LogP contribution in [0.5, 0.6) is 0 Å². The van der Waals surface area contributed by atoms with E-state index in [1.807, 2.05) is 0 Å². The Hall–Kier alpha value is -1.47. The van der Waals surface area contributed by atoms with Crippen LogP contribution >= 0.6 is 0 Å². The van der Waals surface area contributed by atoms with Crippen LogP contribution in [0.2, 0.25) is 0 Å². The lowest BCUT2D eigenvalue weighted by Crippen LogP contribution is -2.17. The molecule has 0 radical (unpaired) electrons. The smallest absolute Gasteiger partial charge is 0.301 e. The van der Waals surface area contributed by atoms with Crippen LogP contribution in [0.1, 0.15) is 23.4 Å². The molecule has 17 heavy (non-hydrogen) atoms. The maximum Gasteiger partial charge on any atom is 0.435 e. The lowest BCUT2D eigenvalue weighted by molar-refractivity contribution is -0.142. The highest BCUT2D eigenvalue weighted by Gasteiger charge is 2.49. The van der Waals surface area contributed by atoms with Gasteiger partial charge in [0.25, 0.3) is 5.92 Å². The monoisotopic (exact) mass is 254 g/mol. The Morgan fingerprint density at radius 3 is 2.59 bits per heavy atom. The molecule has 0 amide bonds. The number of hydrogen-bond donors (Lipinski definition) is 0. The summed E-state index contributed by atoms with van der Waals surface area (Å²) in [5.74, 6) is -3.35. The molecule has 0 spiro atoms. The fraction of sp³-hybridized carbons (Fsp3) is 0.556. The zero-order chi connectivity index (χ0) is 12.8. The molecule has 0 N–H and O–H groups in total. The number of nitrogens with zero attached hydrogens (tertiary/aromatic N) is 2. The highest BCUT2D eigenvalue weighted by Crippen LogP contribution is 2.46. The summed E-state index contributed by atoms with van der Waals surface area (Å²) < 4.78 is 64.8. The van der Waals surface area contributed by atoms with Crippen molar-refractivity contribution in [1.82, 2.24) is 9.78 Å². The minimum atomic E-state index is -4.78. The van der Waals surface area contributed by atoms with Gasteiger partial charge in [0.05, 0.1) is 6.54 Å². The van der Waals surface area contributed by atoms with Gasteiger partial charge in [-0.1, -0.05) is 0 Å². The van der Waals surface area contributed by atoms with Crippen molar-refractivity contribution in [2.45, 2.75) is 31.5 Å². The zero-order valence-corrected chi connectivity index (χ0v) is 8.39. The molecule has 0 atom stereocenters. The van der Waals surface area contributed by atoms with Crippen molar-refractivity contribution in [3.8, 4) is 0 Å². The molecule has 1 aliphatic carbocycles. The Morgan fingerprint density at radius 2 is 2.06 bits per heavy atom. The first-order valence-corrected chi connectivity index (χ1v) is 4.76. The Labute approximate surface area is 92.2 Å². The van der Waals surface area contributed by atoms with E-state index in [2.05, 4.69) is 5.10 Å². The average molecular weight is 254 g/mol. The van der Waals surface area contributed by atoms with Crippen LogP contribution in [-0.4, -0.2) is 16.1 Å². The van der Waals surface area contributed by atoms with Crippen LogP contribution in [0.4, 0.5) is 22.0 Å². The van der Waals surface area contributed by atoms with Crippen molar-refractivity contribution in [3.63, 3.8) is 0 Å². The summed E-state index contributed by atoms with van der Waals surface area (Å²) in [4.78, 5) is 10.3. The lowest BCUT2D eigenvalue weighted by Gasteiger charge is -2.10. The van der Waals surface area contributed by atoms with Gasteiger partial charge in [-0.25, -0.2) is 0 Å². The summed E-state index contributed by atoms with van der Waals surface area (Å²) in [7, 11) is 0. The predicted molar refractivity (Wildman–Crippen MR) is 45.5 cm³/mol. The second kappa shape index (κ2) is 3.51. The Bertz CT molecular complexity index is 463. The fourth-order valence-corrected chi connectivity index (χ4v) is 1.98. The summed E-state index contributed by atoms with van der Waals surface area (Å²) in [6.07, 6.45) is -5.60. The van der Waals surface area contributed by atoms with Crippen LogP contribution in [0.15, 0.2) is 0 Å². The molecule has 94 valence electrons. The Balaban J connectivity index is 2.61. The average Bonchev–Trinajstić information content (AvgIpc) is 2.67. The van der Waals surface area contributed by atoms with E-state index in [0.29, 0.717) is 4.68 Å². The van der Waals surface area contributed by atoms with E-state index in [1.165, 1.54) is 0 Å². The van der Waals surface area contributed by atoms with Crippen molar-refractivity contribution in [2.24, 2.45) is 0 Å². The van der Waals surface area contributed by atoms with E-state index < -0.39 is 42.0 Å². The van der Waals surface area contributed by atoms with Crippen molar-refractivity contribution >= 4 is 6.29 Å². The minimum Gasteiger partial charge on any atom is -0.301 e. The van der Waals surface area contributed by atoms with Gasteiger partial charge in [0.15, 0.2) is 5.69 Å². The zero-order valence-electron chi connectivity index (χ0n) is 8.39. The summed E-state index contributed by atoms with van der Waals surface area (Å²) in [5, 5.41) is 3.07. The number of hydrogen-bond acceptors (Lipinski definition) is 2. The van der Waals surface area contributed by atoms with Crippen LogP contribution < -0.4 is 0 Å². The Kier molecular flexibility index (Phi) is 2.48. The molecule has 0 unspecified atom stereocenters. The van der Waals surface area contributed by atoms with E-state index >= 15 is 0 Å².